The first-order valence-corrected chi connectivity index (χ1v) is 5.58. The average Bonchev–Trinajstić information content (AvgIpc) is 2.31. The van der Waals surface area contributed by atoms with Gasteiger partial charge in [-0.3, -0.25) is 4.98 Å². The smallest absolute Gasteiger partial charge is 0.320 e. The predicted octanol–water partition coefficient (Wildman–Crippen LogP) is 1.98. The fourth-order valence-electron chi connectivity index (χ4n) is 1.57. The second-order valence-corrected chi connectivity index (χ2v) is 3.67. The van der Waals surface area contributed by atoms with Crippen LogP contribution in [-0.2, 0) is 6.54 Å². The van der Waals surface area contributed by atoms with Crippen LogP contribution in [0.25, 0.3) is 0 Å². The summed E-state index contributed by atoms with van der Waals surface area (Å²) in [6.07, 6.45) is 3.48. The third-order valence-corrected chi connectivity index (χ3v) is 2.53. The predicted molar refractivity (Wildman–Crippen MR) is 64.0 cm³/mol. The van der Waals surface area contributed by atoms with Crippen LogP contribution in [-0.4, -0.2) is 41.0 Å². The lowest BCUT2D eigenvalue weighted by molar-refractivity contribution is 0.165. The highest BCUT2D eigenvalue weighted by atomic mass is 16.2. The van der Waals surface area contributed by atoms with Crippen LogP contribution in [0.5, 0.6) is 0 Å². The first-order chi connectivity index (χ1) is 7.69. The number of urea groups is 1. The van der Waals surface area contributed by atoms with E-state index in [0.29, 0.717) is 6.54 Å². The average molecular weight is 221 g/mol. The molecule has 0 unspecified atom stereocenters. The number of rotatable bonds is 4. The molecule has 4 nitrogen and oxygen atoms in total. The van der Waals surface area contributed by atoms with Gasteiger partial charge in [0.15, 0.2) is 0 Å². The molecule has 1 aromatic heterocycles. The van der Waals surface area contributed by atoms with Crippen LogP contribution in [0.1, 0.15) is 19.4 Å². The molecule has 0 aromatic carbocycles. The summed E-state index contributed by atoms with van der Waals surface area (Å²) in [6.45, 7) is 6.09. The summed E-state index contributed by atoms with van der Waals surface area (Å²) in [4.78, 5) is 19.4. The lowest BCUT2D eigenvalue weighted by Crippen LogP contribution is -2.40. The van der Waals surface area contributed by atoms with Gasteiger partial charge in [-0.25, -0.2) is 4.79 Å². The molecule has 0 aliphatic rings. The molecule has 0 radical (unpaired) electrons. The highest BCUT2D eigenvalue weighted by Gasteiger charge is 2.14. The standard InChI is InChI=1S/C12H19N3O/c1-4-15(5-2)12(16)14(3)10-11-6-8-13-9-7-11/h6-9H,4-5,10H2,1-3H3. The Balaban J connectivity index is 2.58. The zero-order valence-electron chi connectivity index (χ0n) is 10.2. The molecule has 1 aromatic rings. The van der Waals surface area contributed by atoms with E-state index in [9.17, 15) is 4.79 Å². The summed E-state index contributed by atoms with van der Waals surface area (Å²) in [5.74, 6) is 0. The van der Waals surface area contributed by atoms with Gasteiger partial charge in [0.2, 0.25) is 0 Å². The monoisotopic (exact) mass is 221 g/mol. The molecule has 2 amide bonds. The highest BCUT2D eigenvalue weighted by Crippen LogP contribution is 2.04. The topological polar surface area (TPSA) is 36.4 Å². The van der Waals surface area contributed by atoms with Gasteiger partial charge in [0, 0.05) is 39.1 Å². The van der Waals surface area contributed by atoms with E-state index in [1.807, 2.05) is 33.0 Å². The number of nitrogens with zero attached hydrogens (tertiary/aromatic N) is 3. The van der Waals surface area contributed by atoms with Gasteiger partial charge in [0.25, 0.3) is 0 Å². The molecule has 0 N–H and O–H groups in total. The SMILES string of the molecule is CCN(CC)C(=O)N(C)Cc1ccncc1. The van der Waals surface area contributed by atoms with Gasteiger partial charge in [-0.1, -0.05) is 0 Å². The minimum Gasteiger partial charge on any atom is -0.325 e. The Morgan fingerprint density at radius 3 is 2.31 bits per heavy atom. The molecule has 88 valence electrons. The summed E-state index contributed by atoms with van der Waals surface area (Å²) >= 11 is 0. The molecule has 0 atom stereocenters. The fourth-order valence-corrected chi connectivity index (χ4v) is 1.57. The highest BCUT2D eigenvalue weighted by molar-refractivity contribution is 5.74. The zero-order chi connectivity index (χ0) is 12.0. The molecule has 16 heavy (non-hydrogen) atoms. The molecule has 4 heteroatoms. The van der Waals surface area contributed by atoms with Gasteiger partial charge in [0.05, 0.1) is 0 Å². The van der Waals surface area contributed by atoms with Crippen LogP contribution < -0.4 is 0 Å². The molecular weight excluding hydrogens is 202 g/mol. The van der Waals surface area contributed by atoms with Crippen molar-refractivity contribution in [3.63, 3.8) is 0 Å². The van der Waals surface area contributed by atoms with E-state index in [2.05, 4.69) is 4.98 Å². The van der Waals surface area contributed by atoms with Gasteiger partial charge in [0.1, 0.15) is 0 Å². The maximum atomic E-state index is 11.9. The van der Waals surface area contributed by atoms with Gasteiger partial charge in [-0.2, -0.15) is 0 Å². The molecule has 1 rings (SSSR count). The number of amides is 2. The van der Waals surface area contributed by atoms with Crippen molar-refractivity contribution in [3.8, 4) is 0 Å². The number of aromatic nitrogens is 1. The van der Waals surface area contributed by atoms with Crippen molar-refractivity contribution in [2.24, 2.45) is 0 Å². The Morgan fingerprint density at radius 1 is 1.25 bits per heavy atom. The third-order valence-electron chi connectivity index (χ3n) is 2.53. The van der Waals surface area contributed by atoms with Crippen molar-refractivity contribution < 1.29 is 4.79 Å². The van der Waals surface area contributed by atoms with Crippen LogP contribution in [0, 0.1) is 0 Å². The van der Waals surface area contributed by atoms with Crippen LogP contribution >= 0.6 is 0 Å². The molecule has 0 bridgehead atoms. The Hall–Kier alpha value is -1.58. The quantitative estimate of drug-likeness (QED) is 0.779. The lowest BCUT2D eigenvalue weighted by Gasteiger charge is -2.26. The Labute approximate surface area is 96.9 Å². The van der Waals surface area contributed by atoms with E-state index >= 15 is 0 Å². The molecular formula is C12H19N3O. The second-order valence-electron chi connectivity index (χ2n) is 3.67. The van der Waals surface area contributed by atoms with E-state index in [4.69, 9.17) is 0 Å². The van der Waals surface area contributed by atoms with Crippen molar-refractivity contribution in [3.05, 3.63) is 30.1 Å². The molecule has 0 saturated heterocycles. The van der Waals surface area contributed by atoms with Crippen LogP contribution in [0.4, 0.5) is 4.79 Å². The summed E-state index contributed by atoms with van der Waals surface area (Å²) in [7, 11) is 1.82. The number of pyridine rings is 1. The minimum absolute atomic E-state index is 0.0711. The van der Waals surface area contributed by atoms with Crippen molar-refractivity contribution in [2.75, 3.05) is 20.1 Å². The second kappa shape index (κ2) is 6.10. The van der Waals surface area contributed by atoms with E-state index in [1.54, 1.807) is 22.2 Å². The van der Waals surface area contributed by atoms with Crippen molar-refractivity contribution in [1.29, 1.82) is 0 Å². The van der Waals surface area contributed by atoms with E-state index in [-0.39, 0.29) is 6.03 Å². The molecule has 0 spiro atoms. The third kappa shape index (κ3) is 3.22. The van der Waals surface area contributed by atoms with E-state index in [0.717, 1.165) is 18.7 Å². The van der Waals surface area contributed by atoms with Crippen molar-refractivity contribution in [1.82, 2.24) is 14.8 Å². The maximum Gasteiger partial charge on any atom is 0.320 e. The summed E-state index contributed by atoms with van der Waals surface area (Å²) in [5.41, 5.74) is 1.10. The maximum absolute atomic E-state index is 11.9. The van der Waals surface area contributed by atoms with Gasteiger partial charge >= 0.3 is 6.03 Å². The molecule has 0 saturated carbocycles. The summed E-state index contributed by atoms with van der Waals surface area (Å²) in [6, 6.07) is 3.92. The largest absolute Gasteiger partial charge is 0.325 e. The Bertz CT molecular complexity index is 322. The van der Waals surface area contributed by atoms with Crippen LogP contribution in [0.2, 0.25) is 0 Å². The summed E-state index contributed by atoms with van der Waals surface area (Å²) in [5, 5.41) is 0. The van der Waals surface area contributed by atoms with E-state index in [1.165, 1.54) is 0 Å². The van der Waals surface area contributed by atoms with Crippen LogP contribution in [0.3, 0.4) is 0 Å². The van der Waals surface area contributed by atoms with Gasteiger partial charge in [-0.15, -0.1) is 0 Å². The van der Waals surface area contributed by atoms with Crippen LogP contribution in [0.15, 0.2) is 24.5 Å². The fraction of sp³-hybridized carbons (Fsp3) is 0.500. The van der Waals surface area contributed by atoms with Crippen molar-refractivity contribution >= 4 is 6.03 Å². The van der Waals surface area contributed by atoms with Gasteiger partial charge < -0.3 is 9.80 Å². The molecule has 1 heterocycles. The zero-order valence-corrected chi connectivity index (χ0v) is 10.2. The minimum atomic E-state index is 0.0711. The molecule has 0 aliphatic carbocycles. The Kier molecular flexibility index (Phi) is 4.76. The molecule has 0 aliphatic heterocycles. The van der Waals surface area contributed by atoms with Crippen molar-refractivity contribution in [2.45, 2.75) is 20.4 Å². The Morgan fingerprint density at radius 2 is 1.81 bits per heavy atom. The number of carbonyl (C=O) groups excluding carboxylic acids is 1. The number of carbonyl (C=O) groups is 1. The first-order valence-electron chi connectivity index (χ1n) is 5.58. The molecule has 0 fully saturated rings. The normalized spacial score (nSPS) is 9.94. The first kappa shape index (κ1) is 12.5. The van der Waals surface area contributed by atoms with Gasteiger partial charge in [-0.05, 0) is 31.5 Å². The number of hydrogen-bond donors (Lipinski definition) is 0. The van der Waals surface area contributed by atoms with E-state index < -0.39 is 0 Å². The number of hydrogen-bond acceptors (Lipinski definition) is 2. The summed E-state index contributed by atoms with van der Waals surface area (Å²) < 4.78 is 0. The lowest BCUT2D eigenvalue weighted by atomic mass is 10.2.